The molecule has 21 heavy (non-hydrogen) atoms. The van der Waals surface area contributed by atoms with Crippen molar-refractivity contribution >= 4 is 5.97 Å². The fourth-order valence-corrected chi connectivity index (χ4v) is 2.23. The first-order chi connectivity index (χ1) is 10.2. The highest BCUT2D eigenvalue weighted by molar-refractivity contribution is 5.89. The van der Waals surface area contributed by atoms with Crippen LogP contribution in [0.4, 0.5) is 0 Å². The molecule has 0 heterocycles. The number of hydrogen-bond acceptors (Lipinski definition) is 3. The third kappa shape index (κ3) is 3.68. The molecule has 0 unspecified atom stereocenters. The summed E-state index contributed by atoms with van der Waals surface area (Å²) < 4.78 is 10.3. The molecule has 0 aliphatic rings. The smallest absolute Gasteiger partial charge is 0.335 e. The van der Waals surface area contributed by atoms with Crippen LogP contribution in [0.5, 0.6) is 0 Å². The van der Waals surface area contributed by atoms with Crippen molar-refractivity contribution in [1.82, 2.24) is 0 Å². The number of methoxy groups -OCH3 is 2. The van der Waals surface area contributed by atoms with E-state index in [9.17, 15) is 4.79 Å². The number of rotatable bonds is 6. The van der Waals surface area contributed by atoms with Crippen LogP contribution in [0.15, 0.2) is 42.5 Å². The van der Waals surface area contributed by atoms with Gasteiger partial charge in [-0.25, -0.2) is 4.79 Å². The maximum atomic E-state index is 11.1. The molecule has 2 aromatic rings. The highest BCUT2D eigenvalue weighted by Gasteiger charge is 2.10. The summed E-state index contributed by atoms with van der Waals surface area (Å²) in [5.41, 5.74) is 4.22. The van der Waals surface area contributed by atoms with E-state index in [1.165, 1.54) is 0 Å². The van der Waals surface area contributed by atoms with E-state index in [0.29, 0.717) is 13.2 Å². The fraction of sp³-hybridized carbons (Fsp3) is 0.235. The second-order valence-electron chi connectivity index (χ2n) is 4.74. The Hall–Kier alpha value is -2.17. The predicted molar refractivity (Wildman–Crippen MR) is 80.3 cm³/mol. The van der Waals surface area contributed by atoms with Crippen molar-refractivity contribution in [1.29, 1.82) is 0 Å². The maximum Gasteiger partial charge on any atom is 0.335 e. The van der Waals surface area contributed by atoms with E-state index >= 15 is 0 Å². The molecule has 0 fully saturated rings. The molecule has 0 aliphatic carbocycles. The number of ether oxygens (including phenoxy) is 2. The Bertz CT molecular complexity index is 617. The van der Waals surface area contributed by atoms with Crippen LogP contribution in [-0.4, -0.2) is 25.3 Å². The summed E-state index contributed by atoms with van der Waals surface area (Å²) in [7, 11) is 3.26. The van der Waals surface area contributed by atoms with Gasteiger partial charge in [0.15, 0.2) is 0 Å². The van der Waals surface area contributed by atoms with E-state index in [-0.39, 0.29) is 5.56 Å². The van der Waals surface area contributed by atoms with Gasteiger partial charge in [-0.05, 0) is 34.4 Å². The Morgan fingerprint density at radius 3 is 2.24 bits per heavy atom. The fourth-order valence-electron chi connectivity index (χ4n) is 2.23. The second-order valence-corrected chi connectivity index (χ2v) is 4.74. The van der Waals surface area contributed by atoms with Crippen LogP contribution in [0.3, 0.4) is 0 Å². The average Bonchev–Trinajstić information content (AvgIpc) is 2.49. The van der Waals surface area contributed by atoms with E-state index in [1.807, 2.05) is 30.3 Å². The van der Waals surface area contributed by atoms with E-state index in [4.69, 9.17) is 14.6 Å². The van der Waals surface area contributed by atoms with Gasteiger partial charge in [-0.15, -0.1) is 0 Å². The van der Waals surface area contributed by atoms with Crippen molar-refractivity contribution in [2.45, 2.75) is 13.2 Å². The van der Waals surface area contributed by atoms with Gasteiger partial charge in [-0.1, -0.05) is 30.3 Å². The average molecular weight is 286 g/mol. The van der Waals surface area contributed by atoms with Gasteiger partial charge in [0.2, 0.25) is 0 Å². The standard InChI is InChI=1S/C17H18O4/c1-20-10-12-3-5-13(6-4-12)16-8-7-14(17(18)19)9-15(16)11-21-2/h3-9H,10-11H2,1-2H3,(H,18,19). The molecule has 1 N–H and O–H groups in total. The number of hydrogen-bond donors (Lipinski definition) is 1. The number of carboxylic acids is 1. The first-order valence-corrected chi connectivity index (χ1v) is 6.59. The molecule has 0 saturated carbocycles. The first-order valence-electron chi connectivity index (χ1n) is 6.59. The van der Waals surface area contributed by atoms with E-state index in [1.54, 1.807) is 26.4 Å². The Kier molecular flexibility index (Phi) is 5.09. The Morgan fingerprint density at radius 2 is 1.67 bits per heavy atom. The van der Waals surface area contributed by atoms with Crippen molar-refractivity contribution in [3.05, 3.63) is 59.2 Å². The molecule has 0 amide bonds. The van der Waals surface area contributed by atoms with Gasteiger partial charge in [0.1, 0.15) is 0 Å². The molecular weight excluding hydrogens is 268 g/mol. The van der Waals surface area contributed by atoms with Crippen LogP contribution in [-0.2, 0) is 22.7 Å². The first kappa shape index (κ1) is 15.2. The summed E-state index contributed by atoms with van der Waals surface area (Å²) in [6.45, 7) is 0.944. The highest BCUT2D eigenvalue weighted by atomic mass is 16.5. The van der Waals surface area contributed by atoms with Gasteiger partial charge in [0.25, 0.3) is 0 Å². The van der Waals surface area contributed by atoms with Gasteiger partial charge in [0, 0.05) is 14.2 Å². The number of benzene rings is 2. The lowest BCUT2D eigenvalue weighted by atomic mass is 9.97. The summed E-state index contributed by atoms with van der Waals surface area (Å²) in [6.07, 6.45) is 0. The summed E-state index contributed by atoms with van der Waals surface area (Å²) in [5, 5.41) is 9.08. The Morgan fingerprint density at radius 1 is 1.00 bits per heavy atom. The van der Waals surface area contributed by atoms with Crippen molar-refractivity contribution in [2.75, 3.05) is 14.2 Å². The molecule has 2 rings (SSSR count). The number of aromatic carboxylic acids is 1. The molecule has 0 spiro atoms. The lowest BCUT2D eigenvalue weighted by Gasteiger charge is -2.11. The SMILES string of the molecule is COCc1ccc(-c2ccc(C(=O)O)cc2COC)cc1. The highest BCUT2D eigenvalue weighted by Crippen LogP contribution is 2.26. The van der Waals surface area contributed by atoms with Crippen molar-refractivity contribution in [3.8, 4) is 11.1 Å². The number of carboxylic acid groups (broad SMARTS) is 1. The van der Waals surface area contributed by atoms with Gasteiger partial charge in [0.05, 0.1) is 18.8 Å². The summed E-state index contributed by atoms with van der Waals surface area (Å²) in [4.78, 5) is 11.1. The quantitative estimate of drug-likeness (QED) is 0.884. The van der Waals surface area contributed by atoms with Gasteiger partial charge >= 0.3 is 5.97 Å². The monoisotopic (exact) mass is 286 g/mol. The minimum absolute atomic E-state index is 0.266. The van der Waals surface area contributed by atoms with E-state index in [2.05, 4.69) is 0 Å². The van der Waals surface area contributed by atoms with Crippen molar-refractivity contribution in [2.24, 2.45) is 0 Å². The van der Waals surface area contributed by atoms with Gasteiger partial charge < -0.3 is 14.6 Å². The Balaban J connectivity index is 2.39. The van der Waals surface area contributed by atoms with Gasteiger partial charge in [-0.2, -0.15) is 0 Å². The van der Waals surface area contributed by atoms with Crippen LogP contribution in [0, 0.1) is 0 Å². The predicted octanol–water partition coefficient (Wildman–Crippen LogP) is 3.34. The largest absolute Gasteiger partial charge is 0.478 e. The molecule has 0 aromatic heterocycles. The zero-order chi connectivity index (χ0) is 15.2. The molecular formula is C17H18O4. The third-order valence-electron chi connectivity index (χ3n) is 3.23. The van der Waals surface area contributed by atoms with Crippen LogP contribution in [0.1, 0.15) is 21.5 Å². The summed E-state index contributed by atoms with van der Waals surface area (Å²) in [5.74, 6) is -0.936. The molecule has 2 aromatic carbocycles. The molecule has 0 aliphatic heterocycles. The lowest BCUT2D eigenvalue weighted by molar-refractivity contribution is 0.0696. The van der Waals surface area contributed by atoms with Gasteiger partial charge in [-0.3, -0.25) is 0 Å². The molecule has 0 radical (unpaired) electrons. The minimum atomic E-state index is -0.936. The van der Waals surface area contributed by atoms with Crippen molar-refractivity contribution in [3.63, 3.8) is 0 Å². The van der Waals surface area contributed by atoms with Crippen LogP contribution in [0.25, 0.3) is 11.1 Å². The number of carbonyl (C=O) groups is 1. The molecule has 110 valence electrons. The Labute approximate surface area is 123 Å². The molecule has 4 nitrogen and oxygen atoms in total. The molecule has 0 saturated heterocycles. The molecule has 0 bridgehead atoms. The molecule has 4 heteroatoms. The van der Waals surface area contributed by atoms with Crippen LogP contribution >= 0.6 is 0 Å². The summed E-state index contributed by atoms with van der Waals surface area (Å²) >= 11 is 0. The van der Waals surface area contributed by atoms with E-state index in [0.717, 1.165) is 22.3 Å². The minimum Gasteiger partial charge on any atom is -0.478 e. The van der Waals surface area contributed by atoms with Crippen LogP contribution in [0.2, 0.25) is 0 Å². The zero-order valence-corrected chi connectivity index (χ0v) is 12.1. The topological polar surface area (TPSA) is 55.8 Å². The third-order valence-corrected chi connectivity index (χ3v) is 3.23. The molecule has 0 atom stereocenters. The maximum absolute atomic E-state index is 11.1. The van der Waals surface area contributed by atoms with Crippen molar-refractivity contribution < 1.29 is 19.4 Å². The second kappa shape index (κ2) is 7.02. The van der Waals surface area contributed by atoms with Crippen LogP contribution < -0.4 is 0 Å². The zero-order valence-electron chi connectivity index (χ0n) is 12.1. The lowest BCUT2D eigenvalue weighted by Crippen LogP contribution is -2.00. The van der Waals surface area contributed by atoms with E-state index < -0.39 is 5.97 Å². The normalized spacial score (nSPS) is 10.6. The summed E-state index contributed by atoms with van der Waals surface area (Å²) in [6, 6.07) is 13.1.